The van der Waals surface area contributed by atoms with E-state index in [1.807, 2.05) is 0 Å². The standard InChI is InChI=1S/C15H22N2O5/c1-9-6-11(21-5)7-10(16-9)8-12(13(18)19)17-14(20)22-15(2,3)4/h6-7,12H,8H2,1-5H3,(H,17,20)(H,18,19). The van der Waals surface area contributed by atoms with Gasteiger partial charge < -0.3 is 19.9 Å². The van der Waals surface area contributed by atoms with Gasteiger partial charge in [-0.05, 0) is 27.7 Å². The highest BCUT2D eigenvalue weighted by Gasteiger charge is 2.24. The quantitative estimate of drug-likeness (QED) is 0.862. The zero-order chi connectivity index (χ0) is 16.9. The number of aryl methyl sites for hydroxylation is 1. The average molecular weight is 310 g/mol. The Kier molecular flexibility index (Phi) is 5.73. The number of carboxylic acids is 1. The minimum atomic E-state index is -1.16. The van der Waals surface area contributed by atoms with Gasteiger partial charge in [0.2, 0.25) is 0 Å². The predicted molar refractivity (Wildman–Crippen MR) is 80.0 cm³/mol. The van der Waals surface area contributed by atoms with Crippen LogP contribution in [0.3, 0.4) is 0 Å². The SMILES string of the molecule is COc1cc(C)nc(CC(NC(=O)OC(C)(C)C)C(=O)O)c1. The summed E-state index contributed by atoms with van der Waals surface area (Å²) in [5, 5.41) is 11.6. The van der Waals surface area contributed by atoms with Crippen molar-refractivity contribution in [2.45, 2.75) is 45.8 Å². The van der Waals surface area contributed by atoms with Gasteiger partial charge in [-0.3, -0.25) is 4.98 Å². The normalized spacial score (nSPS) is 12.4. The maximum Gasteiger partial charge on any atom is 0.408 e. The van der Waals surface area contributed by atoms with Gasteiger partial charge in [-0.15, -0.1) is 0 Å². The lowest BCUT2D eigenvalue weighted by atomic mass is 10.1. The van der Waals surface area contributed by atoms with E-state index in [0.717, 1.165) is 0 Å². The maximum absolute atomic E-state index is 11.7. The van der Waals surface area contributed by atoms with Crippen molar-refractivity contribution in [1.82, 2.24) is 10.3 Å². The van der Waals surface area contributed by atoms with Crippen LogP contribution in [-0.4, -0.2) is 40.9 Å². The molecule has 1 amide bonds. The van der Waals surface area contributed by atoms with Gasteiger partial charge in [-0.1, -0.05) is 0 Å². The van der Waals surface area contributed by atoms with Crippen LogP contribution in [0.2, 0.25) is 0 Å². The molecule has 122 valence electrons. The molecular formula is C15H22N2O5. The Labute approximate surface area is 129 Å². The second-order valence-electron chi connectivity index (χ2n) is 5.88. The highest BCUT2D eigenvalue weighted by Crippen LogP contribution is 2.15. The number of pyridine rings is 1. The molecule has 0 saturated heterocycles. The van der Waals surface area contributed by atoms with Crippen LogP contribution in [0.15, 0.2) is 12.1 Å². The van der Waals surface area contributed by atoms with Crippen LogP contribution in [0.1, 0.15) is 32.2 Å². The fourth-order valence-corrected chi connectivity index (χ4v) is 1.78. The van der Waals surface area contributed by atoms with E-state index in [1.54, 1.807) is 39.8 Å². The molecule has 0 aliphatic rings. The molecule has 1 rings (SSSR count). The van der Waals surface area contributed by atoms with Crippen LogP contribution in [0.25, 0.3) is 0 Å². The summed E-state index contributed by atoms with van der Waals surface area (Å²) >= 11 is 0. The zero-order valence-corrected chi connectivity index (χ0v) is 13.5. The number of carboxylic acid groups (broad SMARTS) is 1. The van der Waals surface area contributed by atoms with E-state index in [4.69, 9.17) is 9.47 Å². The summed E-state index contributed by atoms with van der Waals surface area (Å²) < 4.78 is 10.2. The van der Waals surface area contributed by atoms with Gasteiger partial charge >= 0.3 is 12.1 Å². The third-order valence-electron chi connectivity index (χ3n) is 2.62. The number of carbonyl (C=O) groups excluding carboxylic acids is 1. The molecular weight excluding hydrogens is 288 g/mol. The van der Waals surface area contributed by atoms with E-state index in [1.165, 1.54) is 7.11 Å². The molecule has 1 unspecified atom stereocenters. The Hall–Kier alpha value is -2.31. The monoisotopic (exact) mass is 310 g/mol. The Morgan fingerprint density at radius 1 is 1.36 bits per heavy atom. The number of amides is 1. The predicted octanol–water partition coefficient (Wildman–Crippen LogP) is 1.92. The molecule has 0 fully saturated rings. The van der Waals surface area contributed by atoms with Crippen LogP contribution in [-0.2, 0) is 16.0 Å². The third-order valence-corrected chi connectivity index (χ3v) is 2.62. The van der Waals surface area contributed by atoms with Crippen molar-refractivity contribution in [3.8, 4) is 5.75 Å². The number of aromatic nitrogens is 1. The topological polar surface area (TPSA) is 97.8 Å². The molecule has 0 aliphatic heterocycles. The van der Waals surface area contributed by atoms with Gasteiger partial charge in [0.25, 0.3) is 0 Å². The second-order valence-corrected chi connectivity index (χ2v) is 5.88. The van der Waals surface area contributed by atoms with E-state index in [0.29, 0.717) is 17.1 Å². The lowest BCUT2D eigenvalue weighted by Gasteiger charge is -2.22. The van der Waals surface area contributed by atoms with Crippen molar-refractivity contribution in [2.24, 2.45) is 0 Å². The number of carbonyl (C=O) groups is 2. The van der Waals surface area contributed by atoms with Crippen molar-refractivity contribution in [3.05, 3.63) is 23.5 Å². The fraction of sp³-hybridized carbons (Fsp3) is 0.533. The Balaban J connectivity index is 2.83. The van der Waals surface area contributed by atoms with Crippen molar-refractivity contribution in [1.29, 1.82) is 0 Å². The van der Waals surface area contributed by atoms with Crippen LogP contribution < -0.4 is 10.1 Å². The van der Waals surface area contributed by atoms with Crippen LogP contribution in [0.4, 0.5) is 4.79 Å². The lowest BCUT2D eigenvalue weighted by molar-refractivity contribution is -0.139. The summed E-state index contributed by atoms with van der Waals surface area (Å²) in [5.74, 6) is -0.572. The summed E-state index contributed by atoms with van der Waals surface area (Å²) in [6, 6.07) is 2.24. The molecule has 0 saturated carbocycles. The highest BCUT2D eigenvalue weighted by atomic mass is 16.6. The highest BCUT2D eigenvalue weighted by molar-refractivity contribution is 5.80. The van der Waals surface area contributed by atoms with Crippen LogP contribution in [0, 0.1) is 6.92 Å². The van der Waals surface area contributed by atoms with Gasteiger partial charge in [0, 0.05) is 29.9 Å². The van der Waals surface area contributed by atoms with E-state index < -0.39 is 23.7 Å². The largest absolute Gasteiger partial charge is 0.497 e. The molecule has 22 heavy (non-hydrogen) atoms. The zero-order valence-electron chi connectivity index (χ0n) is 13.5. The smallest absolute Gasteiger partial charge is 0.408 e. The minimum Gasteiger partial charge on any atom is -0.497 e. The number of ether oxygens (including phenoxy) is 2. The van der Waals surface area contributed by atoms with Crippen molar-refractivity contribution >= 4 is 12.1 Å². The van der Waals surface area contributed by atoms with Crippen LogP contribution in [0.5, 0.6) is 5.75 Å². The molecule has 2 N–H and O–H groups in total. The molecule has 1 atom stereocenters. The number of nitrogens with one attached hydrogen (secondary N) is 1. The Morgan fingerprint density at radius 2 is 2.00 bits per heavy atom. The number of rotatable bonds is 5. The summed E-state index contributed by atoms with van der Waals surface area (Å²) in [5.41, 5.74) is 0.522. The van der Waals surface area contributed by atoms with Crippen molar-refractivity contribution in [3.63, 3.8) is 0 Å². The van der Waals surface area contributed by atoms with Gasteiger partial charge in [-0.25, -0.2) is 9.59 Å². The first kappa shape index (κ1) is 17.7. The van der Waals surface area contributed by atoms with E-state index in [2.05, 4.69) is 10.3 Å². The maximum atomic E-state index is 11.7. The molecule has 7 heteroatoms. The van der Waals surface area contributed by atoms with E-state index >= 15 is 0 Å². The van der Waals surface area contributed by atoms with Gasteiger partial charge in [0.05, 0.1) is 7.11 Å². The molecule has 0 bridgehead atoms. The second kappa shape index (κ2) is 7.11. The minimum absolute atomic E-state index is 0.0343. The first-order valence-corrected chi connectivity index (χ1v) is 6.84. The number of nitrogens with zero attached hydrogens (tertiary/aromatic N) is 1. The first-order valence-electron chi connectivity index (χ1n) is 6.84. The number of aliphatic carboxylic acids is 1. The number of methoxy groups -OCH3 is 1. The lowest BCUT2D eigenvalue weighted by Crippen LogP contribution is -2.44. The average Bonchev–Trinajstić information content (AvgIpc) is 2.34. The number of hydrogen-bond acceptors (Lipinski definition) is 5. The number of alkyl carbamates (subject to hydrolysis) is 1. The van der Waals surface area contributed by atoms with Crippen molar-refractivity contribution < 1.29 is 24.2 Å². The van der Waals surface area contributed by atoms with Crippen LogP contribution >= 0.6 is 0 Å². The third kappa shape index (κ3) is 5.99. The molecule has 1 aromatic rings. The fourth-order valence-electron chi connectivity index (χ4n) is 1.78. The summed E-state index contributed by atoms with van der Waals surface area (Å²) in [6.45, 7) is 6.89. The van der Waals surface area contributed by atoms with E-state index in [9.17, 15) is 14.7 Å². The van der Waals surface area contributed by atoms with E-state index in [-0.39, 0.29) is 6.42 Å². The first-order chi connectivity index (χ1) is 10.1. The molecule has 7 nitrogen and oxygen atoms in total. The van der Waals surface area contributed by atoms with Gasteiger partial charge in [0.15, 0.2) is 0 Å². The number of hydrogen-bond donors (Lipinski definition) is 2. The molecule has 1 heterocycles. The Morgan fingerprint density at radius 3 is 2.50 bits per heavy atom. The molecule has 0 radical (unpaired) electrons. The molecule has 1 aromatic heterocycles. The Bertz CT molecular complexity index is 551. The summed E-state index contributed by atoms with van der Waals surface area (Å²) in [6.07, 6.45) is -0.744. The van der Waals surface area contributed by atoms with Gasteiger partial charge in [-0.2, -0.15) is 0 Å². The van der Waals surface area contributed by atoms with Crippen molar-refractivity contribution in [2.75, 3.05) is 7.11 Å². The molecule has 0 aliphatic carbocycles. The van der Waals surface area contributed by atoms with Gasteiger partial charge in [0.1, 0.15) is 17.4 Å². The molecule has 0 spiro atoms. The summed E-state index contributed by atoms with van der Waals surface area (Å²) in [7, 11) is 1.52. The molecule has 0 aromatic carbocycles. The summed E-state index contributed by atoms with van der Waals surface area (Å²) in [4.78, 5) is 27.3.